The van der Waals surface area contributed by atoms with Crippen LogP contribution in [0.2, 0.25) is 0 Å². The highest BCUT2D eigenvalue weighted by atomic mass is 79.9. The number of aryl methyl sites for hydroxylation is 2. The van der Waals surface area contributed by atoms with Gasteiger partial charge < -0.3 is 5.11 Å². The monoisotopic (exact) mass is 274 g/mol. The van der Waals surface area contributed by atoms with Crippen molar-refractivity contribution in [3.63, 3.8) is 0 Å². The van der Waals surface area contributed by atoms with Crippen LogP contribution in [0.3, 0.4) is 0 Å². The van der Waals surface area contributed by atoms with Crippen molar-refractivity contribution in [2.75, 3.05) is 11.1 Å². The average Bonchev–Trinajstić information content (AvgIpc) is 2.19. The van der Waals surface area contributed by atoms with E-state index in [1.807, 2.05) is 0 Å². The van der Waals surface area contributed by atoms with E-state index >= 15 is 0 Å². The van der Waals surface area contributed by atoms with Crippen molar-refractivity contribution in [2.24, 2.45) is 0 Å². The summed E-state index contributed by atoms with van der Waals surface area (Å²) in [6, 6.07) is 6.40. The van der Waals surface area contributed by atoms with E-state index < -0.39 is 0 Å². The zero-order valence-corrected chi connectivity index (χ0v) is 10.9. The van der Waals surface area contributed by atoms with Crippen molar-refractivity contribution >= 4 is 27.7 Å². The van der Waals surface area contributed by atoms with Crippen LogP contribution < -0.4 is 0 Å². The first-order valence-corrected chi connectivity index (χ1v) is 6.68. The second kappa shape index (κ2) is 5.79. The first-order valence-electron chi connectivity index (χ1n) is 4.57. The molecule has 0 saturated carbocycles. The van der Waals surface area contributed by atoms with Gasteiger partial charge in [-0.25, -0.2) is 0 Å². The lowest BCUT2D eigenvalue weighted by atomic mass is 10.1. The Morgan fingerprint density at radius 1 is 1.36 bits per heavy atom. The zero-order chi connectivity index (χ0) is 10.6. The molecule has 0 aliphatic heterocycles. The number of aliphatic hydroxyl groups is 1. The summed E-state index contributed by atoms with van der Waals surface area (Å²) in [6.45, 7) is 4.22. The molecule has 1 N–H and O–H groups in total. The Bertz CT molecular complexity index is 301. The molecule has 0 fully saturated rings. The van der Waals surface area contributed by atoms with Gasteiger partial charge in [0.05, 0.1) is 6.10 Å². The van der Waals surface area contributed by atoms with Gasteiger partial charge in [0.1, 0.15) is 0 Å². The molecule has 0 heterocycles. The molecular weight excluding hydrogens is 260 g/mol. The highest BCUT2D eigenvalue weighted by molar-refractivity contribution is 9.09. The quantitative estimate of drug-likeness (QED) is 0.673. The van der Waals surface area contributed by atoms with E-state index in [4.69, 9.17) is 0 Å². The van der Waals surface area contributed by atoms with E-state index in [9.17, 15) is 5.11 Å². The number of benzene rings is 1. The molecule has 1 aromatic rings. The average molecular weight is 275 g/mol. The summed E-state index contributed by atoms with van der Waals surface area (Å²) in [6.07, 6.45) is -0.262. The van der Waals surface area contributed by atoms with Gasteiger partial charge in [0, 0.05) is 16.0 Å². The van der Waals surface area contributed by atoms with Crippen LogP contribution in [0, 0.1) is 13.8 Å². The van der Waals surface area contributed by atoms with Gasteiger partial charge in [-0.15, -0.1) is 11.8 Å². The summed E-state index contributed by atoms with van der Waals surface area (Å²) in [7, 11) is 0. The number of alkyl halides is 1. The smallest absolute Gasteiger partial charge is 0.0730 e. The summed E-state index contributed by atoms with van der Waals surface area (Å²) in [5, 5.41) is 10.0. The van der Waals surface area contributed by atoms with Gasteiger partial charge in [0.25, 0.3) is 0 Å². The van der Waals surface area contributed by atoms with Crippen LogP contribution in [0.5, 0.6) is 0 Å². The van der Waals surface area contributed by atoms with Crippen LogP contribution in [0.4, 0.5) is 0 Å². The van der Waals surface area contributed by atoms with E-state index in [-0.39, 0.29) is 6.10 Å². The van der Waals surface area contributed by atoms with E-state index in [0.29, 0.717) is 5.33 Å². The number of rotatable bonds is 4. The Balaban J connectivity index is 2.55. The molecule has 1 rings (SSSR count). The van der Waals surface area contributed by atoms with Crippen LogP contribution in [-0.4, -0.2) is 22.3 Å². The zero-order valence-electron chi connectivity index (χ0n) is 8.46. The Morgan fingerprint density at radius 2 is 2.07 bits per heavy atom. The van der Waals surface area contributed by atoms with Crippen LogP contribution in [0.15, 0.2) is 23.1 Å². The number of halogens is 1. The molecule has 0 bridgehead atoms. The Labute approximate surface area is 98.0 Å². The largest absolute Gasteiger partial charge is 0.391 e. The standard InChI is InChI=1S/C11H15BrOS/c1-8-3-4-11(5-9(8)2)14-7-10(13)6-12/h3-5,10,13H,6-7H2,1-2H3. The molecule has 1 unspecified atom stereocenters. The summed E-state index contributed by atoms with van der Waals surface area (Å²) < 4.78 is 0. The molecule has 0 aromatic heterocycles. The van der Waals surface area contributed by atoms with Gasteiger partial charge in [0.2, 0.25) is 0 Å². The van der Waals surface area contributed by atoms with Gasteiger partial charge >= 0.3 is 0 Å². The molecule has 0 aliphatic rings. The first-order chi connectivity index (χ1) is 6.63. The maximum Gasteiger partial charge on any atom is 0.0730 e. The van der Waals surface area contributed by atoms with Gasteiger partial charge in [0.15, 0.2) is 0 Å². The van der Waals surface area contributed by atoms with E-state index in [2.05, 4.69) is 48.0 Å². The summed E-state index contributed by atoms with van der Waals surface area (Å²) >= 11 is 4.95. The van der Waals surface area contributed by atoms with Crippen LogP contribution in [0.1, 0.15) is 11.1 Å². The Kier molecular flexibility index (Phi) is 4.99. The minimum absolute atomic E-state index is 0.262. The molecule has 0 aliphatic carbocycles. The molecule has 1 aromatic carbocycles. The number of hydrogen-bond donors (Lipinski definition) is 1. The normalized spacial score (nSPS) is 12.9. The highest BCUT2D eigenvalue weighted by Crippen LogP contribution is 2.21. The van der Waals surface area contributed by atoms with Gasteiger partial charge in [-0.1, -0.05) is 22.0 Å². The molecular formula is C11H15BrOS. The minimum atomic E-state index is -0.262. The number of thioether (sulfide) groups is 1. The van der Waals surface area contributed by atoms with Crippen LogP contribution in [-0.2, 0) is 0 Å². The minimum Gasteiger partial charge on any atom is -0.391 e. The summed E-state index contributed by atoms with van der Waals surface area (Å²) in [5.74, 6) is 0.744. The fraction of sp³-hybridized carbons (Fsp3) is 0.455. The molecule has 78 valence electrons. The van der Waals surface area contributed by atoms with E-state index in [1.54, 1.807) is 11.8 Å². The highest BCUT2D eigenvalue weighted by Gasteiger charge is 2.03. The molecule has 0 amide bonds. The fourth-order valence-corrected chi connectivity index (χ4v) is 2.50. The van der Waals surface area contributed by atoms with Crippen molar-refractivity contribution in [1.82, 2.24) is 0 Å². The third-order valence-corrected chi connectivity index (χ3v) is 3.98. The molecule has 1 nitrogen and oxygen atoms in total. The summed E-state index contributed by atoms with van der Waals surface area (Å²) in [4.78, 5) is 1.23. The maximum absolute atomic E-state index is 9.38. The second-order valence-corrected chi connectivity index (χ2v) is 5.11. The third-order valence-electron chi connectivity index (χ3n) is 2.10. The Morgan fingerprint density at radius 3 is 2.64 bits per heavy atom. The second-order valence-electron chi connectivity index (χ2n) is 3.37. The lowest BCUT2D eigenvalue weighted by molar-refractivity contribution is 0.226. The molecule has 0 radical (unpaired) electrons. The summed E-state index contributed by atoms with van der Waals surface area (Å²) in [5.41, 5.74) is 2.62. The third kappa shape index (κ3) is 3.64. The van der Waals surface area contributed by atoms with E-state index in [0.717, 1.165) is 5.75 Å². The molecule has 0 saturated heterocycles. The van der Waals surface area contributed by atoms with Crippen molar-refractivity contribution in [3.8, 4) is 0 Å². The van der Waals surface area contributed by atoms with Gasteiger partial charge in [-0.3, -0.25) is 0 Å². The van der Waals surface area contributed by atoms with Crippen molar-refractivity contribution in [3.05, 3.63) is 29.3 Å². The maximum atomic E-state index is 9.38. The van der Waals surface area contributed by atoms with Crippen LogP contribution >= 0.6 is 27.7 Å². The van der Waals surface area contributed by atoms with Crippen molar-refractivity contribution in [2.45, 2.75) is 24.8 Å². The van der Waals surface area contributed by atoms with Crippen LogP contribution in [0.25, 0.3) is 0 Å². The molecule has 0 spiro atoms. The van der Waals surface area contributed by atoms with Gasteiger partial charge in [-0.05, 0) is 37.1 Å². The lowest BCUT2D eigenvalue weighted by Crippen LogP contribution is -2.10. The lowest BCUT2D eigenvalue weighted by Gasteiger charge is -2.07. The first kappa shape index (κ1) is 12.1. The number of hydrogen-bond acceptors (Lipinski definition) is 2. The topological polar surface area (TPSA) is 20.2 Å². The van der Waals surface area contributed by atoms with E-state index in [1.165, 1.54) is 16.0 Å². The van der Waals surface area contributed by atoms with Crippen molar-refractivity contribution in [1.29, 1.82) is 0 Å². The Hall–Kier alpha value is 0.01000. The SMILES string of the molecule is Cc1ccc(SCC(O)CBr)cc1C. The fourth-order valence-electron chi connectivity index (χ4n) is 1.04. The van der Waals surface area contributed by atoms with Crippen molar-refractivity contribution < 1.29 is 5.11 Å². The number of aliphatic hydroxyl groups excluding tert-OH is 1. The predicted octanol–water partition coefficient (Wildman–Crippen LogP) is 3.15. The molecule has 1 atom stereocenters. The predicted molar refractivity (Wildman–Crippen MR) is 66.4 cm³/mol. The molecule has 3 heteroatoms. The van der Waals surface area contributed by atoms with Gasteiger partial charge in [-0.2, -0.15) is 0 Å². The molecule has 14 heavy (non-hydrogen) atoms.